The van der Waals surface area contributed by atoms with Crippen LogP contribution in [-0.2, 0) is 0 Å². The van der Waals surface area contributed by atoms with Gasteiger partial charge in [-0.05, 0) is 31.1 Å². The summed E-state index contributed by atoms with van der Waals surface area (Å²) in [7, 11) is 0. The Kier molecular flexibility index (Phi) is 5.24. The molecule has 0 saturated carbocycles. The average Bonchev–Trinajstić information content (AvgIpc) is 1.85. The lowest BCUT2D eigenvalue weighted by Crippen LogP contribution is -2.14. The second-order valence-electron chi connectivity index (χ2n) is 4.95. The van der Waals surface area contributed by atoms with Gasteiger partial charge in [-0.1, -0.05) is 34.1 Å². The molecular formula is C11H23Cl. The van der Waals surface area contributed by atoms with Crippen molar-refractivity contribution >= 4 is 11.6 Å². The minimum Gasteiger partial charge on any atom is -0.123 e. The lowest BCUT2D eigenvalue weighted by Gasteiger charge is -2.23. The first kappa shape index (κ1) is 12.3. The van der Waals surface area contributed by atoms with Crippen LogP contribution < -0.4 is 0 Å². The van der Waals surface area contributed by atoms with E-state index in [2.05, 4.69) is 34.6 Å². The molecule has 0 rings (SSSR count). The lowest BCUT2D eigenvalue weighted by molar-refractivity contribution is 0.315. The van der Waals surface area contributed by atoms with Crippen molar-refractivity contribution in [2.75, 3.05) is 0 Å². The molecule has 0 N–H and O–H groups in total. The maximum Gasteiger partial charge on any atom is 0.0335 e. The highest BCUT2D eigenvalue weighted by Crippen LogP contribution is 2.27. The first-order valence-corrected chi connectivity index (χ1v) is 5.44. The van der Waals surface area contributed by atoms with E-state index in [-0.39, 0.29) is 0 Å². The maximum absolute atomic E-state index is 6.07. The first-order valence-electron chi connectivity index (χ1n) is 5.01. The van der Waals surface area contributed by atoms with E-state index < -0.39 is 0 Å². The molecule has 0 heterocycles. The molecule has 1 heteroatoms. The molecule has 0 fully saturated rings. The highest BCUT2D eigenvalue weighted by Gasteiger charge is 2.17. The van der Waals surface area contributed by atoms with Crippen molar-refractivity contribution in [3.8, 4) is 0 Å². The van der Waals surface area contributed by atoms with Gasteiger partial charge in [-0.2, -0.15) is 0 Å². The molecule has 74 valence electrons. The molecule has 0 nitrogen and oxygen atoms in total. The van der Waals surface area contributed by atoms with Gasteiger partial charge in [0.1, 0.15) is 0 Å². The molecule has 0 aromatic rings. The van der Waals surface area contributed by atoms with Crippen molar-refractivity contribution < 1.29 is 0 Å². The Hall–Kier alpha value is 0.290. The molecule has 0 aliphatic carbocycles. The quantitative estimate of drug-likeness (QED) is 0.574. The van der Waals surface area contributed by atoms with E-state index in [1.54, 1.807) is 0 Å². The third kappa shape index (κ3) is 5.88. The van der Waals surface area contributed by atoms with Gasteiger partial charge < -0.3 is 0 Å². The van der Waals surface area contributed by atoms with Gasteiger partial charge in [-0.3, -0.25) is 0 Å². The summed E-state index contributed by atoms with van der Waals surface area (Å²) in [5, 5.41) is 0.331. The first-order chi connectivity index (χ1) is 5.37. The van der Waals surface area contributed by atoms with Crippen LogP contribution in [0, 0.1) is 11.3 Å². The van der Waals surface area contributed by atoms with Gasteiger partial charge in [0.25, 0.3) is 0 Å². The summed E-state index contributed by atoms with van der Waals surface area (Å²) in [6, 6.07) is 0. The number of alkyl halides is 1. The molecule has 0 spiro atoms. The van der Waals surface area contributed by atoms with Gasteiger partial charge in [0.2, 0.25) is 0 Å². The molecular weight excluding hydrogens is 168 g/mol. The molecule has 2 unspecified atom stereocenters. The number of halogens is 1. The van der Waals surface area contributed by atoms with Crippen LogP contribution in [0.2, 0.25) is 0 Å². The highest BCUT2D eigenvalue weighted by atomic mass is 35.5. The minimum atomic E-state index is 0.331. The van der Waals surface area contributed by atoms with E-state index in [0.29, 0.717) is 16.7 Å². The third-order valence-corrected chi connectivity index (χ3v) is 2.80. The number of rotatable bonds is 4. The summed E-state index contributed by atoms with van der Waals surface area (Å²) < 4.78 is 0. The fourth-order valence-electron chi connectivity index (χ4n) is 1.38. The van der Waals surface area contributed by atoms with E-state index in [1.165, 1.54) is 19.3 Å². The molecule has 0 saturated heterocycles. The second kappa shape index (κ2) is 5.11. The van der Waals surface area contributed by atoms with Crippen molar-refractivity contribution in [2.45, 2.75) is 59.3 Å². The Bertz CT molecular complexity index is 111. The van der Waals surface area contributed by atoms with Gasteiger partial charge >= 0.3 is 0 Å². The molecule has 0 aromatic carbocycles. The molecule has 0 radical (unpaired) electrons. The van der Waals surface area contributed by atoms with E-state index in [4.69, 9.17) is 11.6 Å². The zero-order valence-corrected chi connectivity index (χ0v) is 9.91. The maximum atomic E-state index is 6.07. The summed E-state index contributed by atoms with van der Waals surface area (Å²) in [5.41, 5.74) is 0.458. The van der Waals surface area contributed by atoms with Crippen molar-refractivity contribution in [3.05, 3.63) is 0 Å². The molecule has 0 aliphatic heterocycles. The van der Waals surface area contributed by atoms with Gasteiger partial charge in [0.05, 0.1) is 0 Å². The smallest absolute Gasteiger partial charge is 0.0335 e. The summed E-state index contributed by atoms with van der Waals surface area (Å²) in [6.45, 7) is 11.2. The van der Waals surface area contributed by atoms with Crippen molar-refractivity contribution in [1.82, 2.24) is 0 Å². The Morgan fingerprint density at radius 1 is 1.25 bits per heavy atom. The Labute approximate surface area is 82.7 Å². The van der Waals surface area contributed by atoms with Gasteiger partial charge in [-0.25, -0.2) is 0 Å². The molecule has 0 aliphatic rings. The Morgan fingerprint density at radius 3 is 2.00 bits per heavy atom. The summed E-state index contributed by atoms with van der Waals surface area (Å²) >= 11 is 6.07. The monoisotopic (exact) mass is 190 g/mol. The van der Waals surface area contributed by atoms with Crippen LogP contribution in [0.15, 0.2) is 0 Å². The van der Waals surface area contributed by atoms with Crippen molar-refractivity contribution in [3.63, 3.8) is 0 Å². The molecule has 0 bridgehead atoms. The fourth-order valence-corrected chi connectivity index (χ4v) is 1.68. The SMILES string of the molecule is CCC(CCC(C)(C)C)C(C)Cl. The van der Waals surface area contributed by atoms with Crippen LogP contribution >= 0.6 is 11.6 Å². The average molecular weight is 191 g/mol. The summed E-state index contributed by atoms with van der Waals surface area (Å²) in [4.78, 5) is 0. The van der Waals surface area contributed by atoms with E-state index in [0.717, 1.165) is 0 Å². The molecule has 0 aromatic heterocycles. The minimum absolute atomic E-state index is 0.331. The predicted molar refractivity (Wildman–Crippen MR) is 57.8 cm³/mol. The zero-order valence-electron chi connectivity index (χ0n) is 9.15. The molecule has 12 heavy (non-hydrogen) atoms. The van der Waals surface area contributed by atoms with Crippen LogP contribution in [0.1, 0.15) is 53.9 Å². The van der Waals surface area contributed by atoms with Gasteiger partial charge in [0.15, 0.2) is 0 Å². The summed E-state index contributed by atoms with van der Waals surface area (Å²) in [6.07, 6.45) is 3.76. The lowest BCUT2D eigenvalue weighted by atomic mass is 9.85. The fraction of sp³-hybridized carbons (Fsp3) is 1.00. The van der Waals surface area contributed by atoms with Gasteiger partial charge in [0, 0.05) is 5.38 Å². The van der Waals surface area contributed by atoms with Crippen LogP contribution in [0.4, 0.5) is 0 Å². The van der Waals surface area contributed by atoms with Crippen LogP contribution in [-0.4, -0.2) is 5.38 Å². The van der Waals surface area contributed by atoms with Crippen LogP contribution in [0.5, 0.6) is 0 Å². The summed E-state index contributed by atoms with van der Waals surface area (Å²) in [5.74, 6) is 0.700. The zero-order chi connectivity index (χ0) is 9.78. The van der Waals surface area contributed by atoms with Gasteiger partial charge in [-0.15, -0.1) is 11.6 Å². The normalized spacial score (nSPS) is 17.5. The largest absolute Gasteiger partial charge is 0.123 e. The van der Waals surface area contributed by atoms with Crippen LogP contribution in [0.25, 0.3) is 0 Å². The molecule has 2 atom stereocenters. The predicted octanol–water partition coefficient (Wildman–Crippen LogP) is 4.47. The van der Waals surface area contributed by atoms with E-state index in [9.17, 15) is 0 Å². The highest BCUT2D eigenvalue weighted by molar-refractivity contribution is 6.20. The van der Waals surface area contributed by atoms with E-state index in [1.807, 2.05) is 0 Å². The molecule has 0 amide bonds. The number of hydrogen-bond donors (Lipinski definition) is 0. The van der Waals surface area contributed by atoms with Crippen molar-refractivity contribution in [1.29, 1.82) is 0 Å². The number of hydrogen-bond acceptors (Lipinski definition) is 0. The van der Waals surface area contributed by atoms with E-state index >= 15 is 0 Å². The second-order valence-corrected chi connectivity index (χ2v) is 5.63. The topological polar surface area (TPSA) is 0 Å². The third-order valence-electron chi connectivity index (χ3n) is 2.44. The van der Waals surface area contributed by atoms with Crippen LogP contribution in [0.3, 0.4) is 0 Å². The Morgan fingerprint density at radius 2 is 1.75 bits per heavy atom. The van der Waals surface area contributed by atoms with Crippen molar-refractivity contribution in [2.24, 2.45) is 11.3 Å². The Balaban J connectivity index is 3.73. The standard InChI is InChI=1S/C11H23Cl/c1-6-10(9(2)12)7-8-11(3,4)5/h9-10H,6-8H2,1-5H3.